The molecule has 0 aromatic carbocycles. The van der Waals surface area contributed by atoms with Gasteiger partial charge in [0, 0.05) is 13.6 Å². The highest BCUT2D eigenvalue weighted by Gasteiger charge is 2.52. The number of aromatic amines is 1. The lowest BCUT2D eigenvalue weighted by Crippen LogP contribution is -2.63. The van der Waals surface area contributed by atoms with Gasteiger partial charge in [-0.25, -0.2) is 14.3 Å². The summed E-state index contributed by atoms with van der Waals surface area (Å²) in [5, 5.41) is 0. The number of aryl methyl sites for hydroxylation is 1. The van der Waals surface area contributed by atoms with Crippen molar-refractivity contribution in [1.82, 2.24) is 14.8 Å². The molecule has 0 radical (unpaired) electrons. The van der Waals surface area contributed by atoms with Gasteiger partial charge in [0.1, 0.15) is 11.9 Å². The van der Waals surface area contributed by atoms with Gasteiger partial charge in [-0.2, -0.15) is 0 Å². The number of imidazole rings is 1. The van der Waals surface area contributed by atoms with Crippen LogP contribution in [-0.2, 0) is 4.79 Å². The van der Waals surface area contributed by atoms with E-state index in [0.29, 0.717) is 18.3 Å². The lowest BCUT2D eigenvalue weighted by atomic mass is 10.1. The third kappa shape index (κ3) is 1.65. The Kier molecular flexibility index (Phi) is 2.67. The summed E-state index contributed by atoms with van der Waals surface area (Å²) in [6, 6.07) is -0.836. The largest absolute Gasteiger partial charge is 0.399 e. The molecule has 0 bridgehead atoms. The fourth-order valence-electron chi connectivity index (χ4n) is 2.66. The van der Waals surface area contributed by atoms with Gasteiger partial charge in [-0.1, -0.05) is 18.8 Å². The minimum Gasteiger partial charge on any atom is -0.270 e. The van der Waals surface area contributed by atoms with Gasteiger partial charge in [-0.05, 0) is 12.8 Å². The van der Waals surface area contributed by atoms with E-state index in [-0.39, 0.29) is 17.9 Å². The number of fused-ring (bicyclic) bond motifs is 3. The first-order valence-corrected chi connectivity index (χ1v) is 6.68. The second-order valence-electron chi connectivity index (χ2n) is 5.72. The highest BCUT2D eigenvalue weighted by Crippen LogP contribution is 2.27. The molecule has 1 atom stereocenters. The van der Waals surface area contributed by atoms with Crippen molar-refractivity contribution in [1.29, 1.82) is 0 Å². The van der Waals surface area contributed by atoms with Gasteiger partial charge in [-0.15, -0.1) is 0 Å². The number of rotatable bonds is 2. The van der Waals surface area contributed by atoms with Gasteiger partial charge < -0.3 is 0 Å². The second kappa shape index (κ2) is 4.16. The number of aromatic nitrogens is 2. The minimum absolute atomic E-state index is 0.205. The van der Waals surface area contributed by atoms with Gasteiger partial charge in [0.05, 0.1) is 0 Å². The lowest BCUT2D eigenvalue weighted by molar-refractivity contribution is -0.676. The molecule has 1 unspecified atom stereocenters. The summed E-state index contributed by atoms with van der Waals surface area (Å²) in [7, 11) is 1.66. The van der Waals surface area contributed by atoms with E-state index in [1.54, 1.807) is 11.6 Å². The standard InChI is InChI=1S/C13H17N5O2/c1-7(2)5-18-11(19)9-10(16(4)13(18)20)15-12-14-8(3)6-17(9)12/h6-7,9H,5H2,1-4H3/p+1. The number of carbonyl (C=O) groups excluding carboxylic acids is 2. The molecule has 20 heavy (non-hydrogen) atoms. The number of nitrogens with zero attached hydrogens (tertiary/aromatic N) is 4. The van der Waals surface area contributed by atoms with Crippen LogP contribution in [0.1, 0.15) is 25.6 Å². The van der Waals surface area contributed by atoms with E-state index in [1.165, 1.54) is 9.80 Å². The molecule has 3 amide bonds. The predicted octanol–water partition coefficient (Wildman–Crippen LogP) is 0.745. The van der Waals surface area contributed by atoms with E-state index < -0.39 is 6.04 Å². The molecule has 3 rings (SSSR count). The number of likely N-dealkylation sites (N-methyl/N-ethyl adjacent to an activating group) is 1. The molecule has 0 aliphatic carbocycles. The highest BCUT2D eigenvalue weighted by atomic mass is 16.2. The van der Waals surface area contributed by atoms with E-state index in [1.807, 2.05) is 27.0 Å². The molecule has 2 aliphatic rings. The normalized spacial score (nSPS) is 21.4. The van der Waals surface area contributed by atoms with Gasteiger partial charge in [-0.3, -0.25) is 14.6 Å². The van der Waals surface area contributed by atoms with Crippen molar-refractivity contribution in [3.63, 3.8) is 0 Å². The Labute approximate surface area is 116 Å². The SMILES string of the molecule is Cc1c[n+]2c([nH]1)N=C1C2C(=O)N(CC(C)C)C(=O)N1C. The third-order valence-electron chi connectivity index (χ3n) is 3.54. The zero-order valence-corrected chi connectivity index (χ0v) is 12.0. The Hall–Kier alpha value is -2.18. The summed E-state index contributed by atoms with van der Waals surface area (Å²) in [5.41, 5.74) is 0.936. The summed E-state index contributed by atoms with van der Waals surface area (Å²) < 4.78 is 1.79. The summed E-state index contributed by atoms with van der Waals surface area (Å²) in [6.07, 6.45) is 1.85. The maximum Gasteiger partial charge on any atom is 0.399 e. The Balaban J connectivity index is 2.04. The lowest BCUT2D eigenvalue weighted by Gasteiger charge is -2.33. The molecular weight excluding hydrogens is 258 g/mol. The van der Waals surface area contributed by atoms with Crippen LogP contribution < -0.4 is 4.57 Å². The number of hydrogen-bond donors (Lipinski definition) is 1. The van der Waals surface area contributed by atoms with Crippen molar-refractivity contribution in [2.24, 2.45) is 10.9 Å². The van der Waals surface area contributed by atoms with Crippen LogP contribution in [0.3, 0.4) is 0 Å². The molecule has 1 aromatic heterocycles. The average molecular weight is 276 g/mol. The van der Waals surface area contributed by atoms with Crippen molar-refractivity contribution in [3.05, 3.63) is 11.9 Å². The number of H-pyrrole nitrogens is 1. The first-order chi connectivity index (χ1) is 9.40. The van der Waals surface area contributed by atoms with Gasteiger partial charge in [0.25, 0.3) is 5.91 Å². The average Bonchev–Trinajstić information content (AvgIpc) is 2.87. The summed E-state index contributed by atoms with van der Waals surface area (Å²) in [4.78, 5) is 35.2. The van der Waals surface area contributed by atoms with Gasteiger partial charge in [0.15, 0.2) is 0 Å². The summed E-state index contributed by atoms with van der Waals surface area (Å²) in [6.45, 7) is 6.30. The van der Waals surface area contributed by atoms with Crippen molar-refractivity contribution in [3.8, 4) is 0 Å². The molecule has 1 aromatic rings. The van der Waals surface area contributed by atoms with Crippen molar-refractivity contribution in [2.75, 3.05) is 13.6 Å². The maximum atomic E-state index is 12.6. The van der Waals surface area contributed by atoms with Crippen LogP contribution in [0, 0.1) is 12.8 Å². The zero-order chi connectivity index (χ0) is 14.6. The van der Waals surface area contributed by atoms with E-state index in [2.05, 4.69) is 9.98 Å². The van der Waals surface area contributed by atoms with Gasteiger partial charge >= 0.3 is 12.0 Å². The monoisotopic (exact) mass is 276 g/mol. The fraction of sp³-hybridized carbons (Fsp3) is 0.538. The fourth-order valence-corrected chi connectivity index (χ4v) is 2.66. The molecule has 0 saturated carbocycles. The molecule has 1 N–H and O–H groups in total. The van der Waals surface area contributed by atoms with Crippen molar-refractivity contribution in [2.45, 2.75) is 26.8 Å². The Morgan fingerprint density at radius 1 is 1.45 bits per heavy atom. The van der Waals surface area contributed by atoms with E-state index in [4.69, 9.17) is 0 Å². The Morgan fingerprint density at radius 3 is 2.80 bits per heavy atom. The smallest absolute Gasteiger partial charge is 0.270 e. The van der Waals surface area contributed by atoms with Crippen LogP contribution in [-0.4, -0.2) is 46.2 Å². The number of amides is 3. The molecule has 106 valence electrons. The Bertz CT molecular complexity index is 631. The number of carbonyl (C=O) groups is 2. The molecular formula is C13H18N5O2+. The van der Waals surface area contributed by atoms with Crippen LogP contribution in [0.25, 0.3) is 0 Å². The number of hydrogen-bond acceptors (Lipinski definition) is 3. The van der Waals surface area contributed by atoms with Crippen LogP contribution in [0.4, 0.5) is 10.7 Å². The quantitative estimate of drug-likeness (QED) is 0.809. The molecule has 1 saturated heterocycles. The van der Waals surface area contributed by atoms with Crippen LogP contribution in [0.15, 0.2) is 11.2 Å². The molecule has 3 heterocycles. The van der Waals surface area contributed by atoms with Gasteiger partial charge in [0.2, 0.25) is 11.9 Å². The van der Waals surface area contributed by atoms with E-state index in [0.717, 1.165) is 5.69 Å². The number of imide groups is 1. The van der Waals surface area contributed by atoms with Crippen molar-refractivity contribution < 1.29 is 14.2 Å². The number of nitrogens with one attached hydrogen (secondary N) is 1. The second-order valence-corrected chi connectivity index (χ2v) is 5.72. The first kappa shape index (κ1) is 12.8. The number of amidine groups is 1. The summed E-state index contributed by atoms with van der Waals surface area (Å²) in [5.74, 6) is 1.13. The van der Waals surface area contributed by atoms with Crippen LogP contribution >= 0.6 is 0 Å². The maximum absolute atomic E-state index is 12.6. The summed E-state index contributed by atoms with van der Waals surface area (Å²) >= 11 is 0. The predicted molar refractivity (Wildman–Crippen MR) is 71.6 cm³/mol. The minimum atomic E-state index is -0.531. The molecule has 1 fully saturated rings. The highest BCUT2D eigenvalue weighted by molar-refractivity contribution is 6.19. The van der Waals surface area contributed by atoms with E-state index >= 15 is 0 Å². The van der Waals surface area contributed by atoms with Crippen LogP contribution in [0.2, 0.25) is 0 Å². The molecule has 7 heteroatoms. The van der Waals surface area contributed by atoms with Crippen molar-refractivity contribution >= 4 is 23.7 Å². The molecule has 2 aliphatic heterocycles. The first-order valence-electron chi connectivity index (χ1n) is 6.68. The number of aliphatic imine (C=N–C) groups is 1. The van der Waals surface area contributed by atoms with Crippen LogP contribution in [0.5, 0.6) is 0 Å². The topological polar surface area (TPSA) is 72.6 Å². The Morgan fingerprint density at radius 2 is 2.15 bits per heavy atom. The van der Waals surface area contributed by atoms with E-state index in [9.17, 15) is 9.59 Å². The number of urea groups is 1. The zero-order valence-electron chi connectivity index (χ0n) is 12.0. The third-order valence-corrected chi connectivity index (χ3v) is 3.54. The molecule has 0 spiro atoms. The molecule has 7 nitrogen and oxygen atoms in total.